The fraction of sp³-hybridized carbons (Fsp3) is 0.111. The lowest BCUT2D eigenvalue weighted by Gasteiger charge is -2.04. The lowest BCUT2D eigenvalue weighted by molar-refractivity contribution is 0.373. The number of aromatic hydroxyl groups is 2. The smallest absolute Gasteiger partial charge is 0.265 e. The second kappa shape index (κ2) is 8.54. The topological polar surface area (TPSA) is 126 Å². The van der Waals surface area contributed by atoms with Gasteiger partial charge in [0.1, 0.15) is 6.33 Å². The van der Waals surface area contributed by atoms with E-state index in [9.17, 15) is 10.2 Å². The third-order valence-corrected chi connectivity index (χ3v) is 3.65. The van der Waals surface area contributed by atoms with E-state index in [2.05, 4.69) is 25.8 Å². The molecular formula is C18H18N6O4. The summed E-state index contributed by atoms with van der Waals surface area (Å²) < 4.78 is 11.5. The minimum atomic E-state index is 0.0477. The number of nitrogens with one attached hydrogen (secondary N) is 1. The van der Waals surface area contributed by atoms with Gasteiger partial charge < -0.3 is 19.7 Å². The molecule has 10 heteroatoms. The van der Waals surface area contributed by atoms with Gasteiger partial charge in [0.2, 0.25) is 0 Å². The molecule has 0 aliphatic heterocycles. The van der Waals surface area contributed by atoms with Crippen LogP contribution in [0.4, 0.5) is 5.95 Å². The van der Waals surface area contributed by atoms with E-state index < -0.39 is 0 Å². The van der Waals surface area contributed by atoms with Crippen molar-refractivity contribution >= 4 is 18.4 Å². The molecule has 3 N–H and O–H groups in total. The number of hydrogen-bond acceptors (Lipinski definition) is 9. The number of nitrogens with zero attached hydrogens (tertiary/aromatic N) is 5. The van der Waals surface area contributed by atoms with Crippen LogP contribution in [0, 0.1) is 0 Å². The molecule has 0 unspecified atom stereocenters. The first-order valence-electron chi connectivity index (χ1n) is 8.08. The van der Waals surface area contributed by atoms with E-state index in [1.165, 1.54) is 43.6 Å². The molecule has 0 bridgehead atoms. The number of phenols is 2. The molecule has 144 valence electrons. The van der Waals surface area contributed by atoms with Crippen molar-refractivity contribution in [1.29, 1.82) is 0 Å². The van der Waals surface area contributed by atoms with Crippen LogP contribution >= 0.6 is 0 Å². The minimum absolute atomic E-state index is 0.0477. The lowest BCUT2D eigenvalue weighted by atomic mass is 10.2. The molecule has 28 heavy (non-hydrogen) atoms. The lowest BCUT2D eigenvalue weighted by Crippen LogP contribution is -1.99. The van der Waals surface area contributed by atoms with Crippen LogP contribution in [-0.2, 0) is 0 Å². The van der Waals surface area contributed by atoms with Crippen molar-refractivity contribution in [2.45, 2.75) is 0 Å². The average Bonchev–Trinajstić information content (AvgIpc) is 3.16. The Morgan fingerprint density at radius 1 is 0.964 bits per heavy atom. The largest absolute Gasteiger partial charge is 0.504 e. The molecule has 0 amide bonds. The van der Waals surface area contributed by atoms with Crippen molar-refractivity contribution in [3.05, 3.63) is 53.9 Å². The first-order chi connectivity index (χ1) is 13.6. The minimum Gasteiger partial charge on any atom is -0.504 e. The van der Waals surface area contributed by atoms with E-state index in [-0.39, 0.29) is 11.5 Å². The summed E-state index contributed by atoms with van der Waals surface area (Å²) in [6.45, 7) is 0. The van der Waals surface area contributed by atoms with Gasteiger partial charge in [0.15, 0.2) is 23.0 Å². The summed E-state index contributed by atoms with van der Waals surface area (Å²) in [6.07, 6.45) is 4.51. The van der Waals surface area contributed by atoms with Crippen LogP contribution in [-0.4, -0.2) is 51.7 Å². The molecular weight excluding hydrogens is 364 g/mol. The zero-order valence-corrected chi connectivity index (χ0v) is 15.1. The monoisotopic (exact) mass is 382 g/mol. The molecule has 0 fully saturated rings. The highest BCUT2D eigenvalue weighted by Gasteiger charge is 2.04. The Labute approximate surface area is 160 Å². The van der Waals surface area contributed by atoms with E-state index in [1.807, 2.05) is 0 Å². The molecule has 2 aromatic carbocycles. The van der Waals surface area contributed by atoms with Gasteiger partial charge in [-0.2, -0.15) is 14.9 Å². The van der Waals surface area contributed by atoms with E-state index in [4.69, 9.17) is 9.47 Å². The highest BCUT2D eigenvalue weighted by atomic mass is 16.5. The molecule has 0 saturated carbocycles. The van der Waals surface area contributed by atoms with Crippen molar-refractivity contribution in [2.75, 3.05) is 19.6 Å². The Kier molecular flexibility index (Phi) is 5.70. The normalized spacial score (nSPS) is 11.2. The molecule has 3 rings (SSSR count). The molecule has 0 atom stereocenters. The molecule has 0 saturated heterocycles. The Morgan fingerprint density at radius 2 is 1.57 bits per heavy atom. The van der Waals surface area contributed by atoms with Crippen molar-refractivity contribution in [3.63, 3.8) is 0 Å². The van der Waals surface area contributed by atoms with Crippen LogP contribution in [0.1, 0.15) is 11.1 Å². The third kappa shape index (κ3) is 4.36. The zero-order chi connectivity index (χ0) is 19.9. The number of aromatic nitrogens is 3. The van der Waals surface area contributed by atoms with Gasteiger partial charge in [0.25, 0.3) is 5.95 Å². The van der Waals surface area contributed by atoms with Gasteiger partial charge in [-0.05, 0) is 47.5 Å². The van der Waals surface area contributed by atoms with Crippen molar-refractivity contribution < 1.29 is 19.7 Å². The van der Waals surface area contributed by atoms with Gasteiger partial charge in [-0.15, -0.1) is 10.2 Å². The number of hydrogen-bond donors (Lipinski definition) is 3. The molecule has 0 aliphatic rings. The summed E-state index contributed by atoms with van der Waals surface area (Å²) in [7, 11) is 2.94. The number of ether oxygens (including phenoxy) is 2. The number of anilines is 1. The number of phenolic OH excluding ortho intramolecular Hbond substituents is 2. The number of benzene rings is 2. The Balaban J connectivity index is 1.70. The van der Waals surface area contributed by atoms with Gasteiger partial charge in [0.05, 0.1) is 26.6 Å². The van der Waals surface area contributed by atoms with Gasteiger partial charge in [-0.1, -0.05) is 0 Å². The number of hydrazone groups is 1. The van der Waals surface area contributed by atoms with E-state index in [1.54, 1.807) is 30.5 Å². The summed E-state index contributed by atoms with van der Waals surface area (Å²) in [5.74, 6) is 1.09. The summed E-state index contributed by atoms with van der Waals surface area (Å²) in [6, 6.07) is 9.69. The first kappa shape index (κ1) is 18.7. The van der Waals surface area contributed by atoms with Gasteiger partial charge >= 0.3 is 0 Å². The predicted octanol–water partition coefficient (Wildman–Crippen LogP) is 2.03. The fourth-order valence-corrected chi connectivity index (χ4v) is 2.23. The van der Waals surface area contributed by atoms with Crippen molar-refractivity contribution in [3.8, 4) is 23.0 Å². The molecule has 0 radical (unpaired) electrons. The fourth-order valence-electron chi connectivity index (χ4n) is 2.23. The van der Waals surface area contributed by atoms with Crippen molar-refractivity contribution in [1.82, 2.24) is 14.9 Å². The van der Waals surface area contributed by atoms with Gasteiger partial charge in [0, 0.05) is 0 Å². The molecule has 1 heterocycles. The maximum atomic E-state index is 9.63. The first-order valence-corrected chi connectivity index (χ1v) is 8.08. The van der Waals surface area contributed by atoms with Crippen LogP contribution in [0.25, 0.3) is 0 Å². The molecule has 10 nitrogen and oxygen atoms in total. The second-order valence-corrected chi connectivity index (χ2v) is 5.48. The number of methoxy groups -OCH3 is 2. The predicted molar refractivity (Wildman–Crippen MR) is 104 cm³/mol. The van der Waals surface area contributed by atoms with Crippen LogP contribution < -0.4 is 14.9 Å². The zero-order valence-electron chi connectivity index (χ0n) is 15.1. The molecule has 3 aromatic rings. The maximum absolute atomic E-state index is 9.63. The maximum Gasteiger partial charge on any atom is 0.265 e. The number of rotatable bonds is 7. The molecule has 0 aliphatic carbocycles. The second-order valence-electron chi connectivity index (χ2n) is 5.48. The Hall–Kier alpha value is -4.08. The standard InChI is InChI=1S/C18H18N6O4/c1-27-16-7-12(3-5-14(16)25)9-19-22-18-23-20-11-24(18)21-10-13-4-6-15(26)17(8-13)28-2/h3-11,25-26H,1-2H3,(H,22,23)/b19-9-,21-10-. The highest BCUT2D eigenvalue weighted by molar-refractivity contribution is 5.82. The quantitative estimate of drug-likeness (QED) is 0.421. The van der Waals surface area contributed by atoms with E-state index >= 15 is 0 Å². The average molecular weight is 382 g/mol. The van der Waals surface area contributed by atoms with Crippen LogP contribution in [0.5, 0.6) is 23.0 Å². The van der Waals surface area contributed by atoms with Crippen molar-refractivity contribution in [2.24, 2.45) is 10.2 Å². The van der Waals surface area contributed by atoms with Gasteiger partial charge in [-0.25, -0.2) is 5.43 Å². The Bertz CT molecular complexity index is 1020. The summed E-state index contributed by atoms with van der Waals surface area (Å²) in [5.41, 5.74) is 4.17. The summed E-state index contributed by atoms with van der Waals surface area (Å²) >= 11 is 0. The van der Waals surface area contributed by atoms with Crippen LogP contribution in [0.15, 0.2) is 52.9 Å². The molecule has 0 spiro atoms. The van der Waals surface area contributed by atoms with Gasteiger partial charge in [-0.3, -0.25) is 0 Å². The summed E-state index contributed by atoms with van der Waals surface area (Å²) in [5, 5.41) is 35.3. The van der Waals surface area contributed by atoms with Crippen LogP contribution in [0.3, 0.4) is 0 Å². The third-order valence-electron chi connectivity index (χ3n) is 3.65. The Morgan fingerprint density at radius 3 is 2.18 bits per heavy atom. The van der Waals surface area contributed by atoms with E-state index in [0.29, 0.717) is 28.6 Å². The highest BCUT2D eigenvalue weighted by Crippen LogP contribution is 2.26. The molecule has 1 aromatic heterocycles. The van der Waals surface area contributed by atoms with Crippen LogP contribution in [0.2, 0.25) is 0 Å². The summed E-state index contributed by atoms with van der Waals surface area (Å²) in [4.78, 5) is 0. The van der Waals surface area contributed by atoms with E-state index in [0.717, 1.165) is 0 Å². The SMILES string of the molecule is COc1cc(/C=N\Nc2nncn2/N=C\c2ccc(O)c(OC)c2)ccc1O.